The topological polar surface area (TPSA) is 66.4 Å². The van der Waals surface area contributed by atoms with Gasteiger partial charge in [0.2, 0.25) is 10.4 Å². The molecule has 0 aromatic heterocycles. The van der Waals surface area contributed by atoms with Crippen molar-refractivity contribution in [3.05, 3.63) is 12.2 Å². The van der Waals surface area contributed by atoms with Crippen molar-refractivity contribution in [1.29, 1.82) is 0 Å². The molecule has 0 saturated carbocycles. The van der Waals surface area contributed by atoms with Gasteiger partial charge in [0.15, 0.2) is 0 Å². The Morgan fingerprint density at radius 1 is 1.05 bits per heavy atom. The molecule has 0 aromatic carbocycles. The van der Waals surface area contributed by atoms with Gasteiger partial charge in [-0.05, 0) is 19.3 Å². The summed E-state index contributed by atoms with van der Waals surface area (Å²) in [4.78, 5) is 0. The van der Waals surface area contributed by atoms with Crippen molar-refractivity contribution in [2.75, 3.05) is 6.61 Å². The minimum absolute atomic E-state index is 0. The summed E-state index contributed by atoms with van der Waals surface area (Å²) in [5.74, 6) is 0.0252. The maximum Gasteiger partial charge on any atom is 1.00 e. The van der Waals surface area contributed by atoms with Crippen LogP contribution in [0.1, 0.15) is 71.6 Å². The van der Waals surface area contributed by atoms with Crippen LogP contribution in [-0.2, 0) is 14.6 Å². The minimum Gasteiger partial charge on any atom is -0.726 e. The fraction of sp³-hybridized carbons (Fsp3) is 0.867. The Morgan fingerprint density at radius 3 is 2.24 bits per heavy atom. The van der Waals surface area contributed by atoms with Gasteiger partial charge in [-0.1, -0.05) is 64.5 Å². The standard InChI is InChI=1S/C15H30O4S.Na/c1-3-5-7-9-11-13-15(12-10-8-6-4-2)14-19-20(16,17)18;/h11,13,15H,3-10,12,14H2,1-2H3,(H,16,17,18);/q;+1/p-1/b13-11+;. The van der Waals surface area contributed by atoms with Crippen molar-refractivity contribution < 1.29 is 46.7 Å². The van der Waals surface area contributed by atoms with Crippen LogP contribution in [0.4, 0.5) is 0 Å². The average molecular weight is 328 g/mol. The summed E-state index contributed by atoms with van der Waals surface area (Å²) in [5, 5.41) is 0. The minimum atomic E-state index is -4.58. The molecule has 0 N–H and O–H groups in total. The van der Waals surface area contributed by atoms with Crippen LogP contribution < -0.4 is 29.6 Å². The first kappa shape index (κ1) is 23.9. The van der Waals surface area contributed by atoms with Gasteiger partial charge in [-0.3, -0.25) is 4.18 Å². The molecule has 0 radical (unpaired) electrons. The summed E-state index contributed by atoms with van der Waals surface area (Å²) >= 11 is 0. The van der Waals surface area contributed by atoms with Crippen LogP contribution in [0.3, 0.4) is 0 Å². The SMILES string of the molecule is CCCCC/C=C/C(CCCCCC)COS(=O)(=O)[O-].[Na+]. The predicted octanol–water partition coefficient (Wildman–Crippen LogP) is 1.19. The van der Waals surface area contributed by atoms with Crippen molar-refractivity contribution in [1.82, 2.24) is 0 Å². The van der Waals surface area contributed by atoms with Gasteiger partial charge in [0, 0.05) is 5.92 Å². The Hall–Kier alpha value is 0.610. The van der Waals surface area contributed by atoms with Gasteiger partial charge in [0.1, 0.15) is 0 Å². The van der Waals surface area contributed by atoms with E-state index in [4.69, 9.17) is 0 Å². The maximum atomic E-state index is 10.5. The normalized spacial score (nSPS) is 13.3. The third-order valence-corrected chi connectivity index (χ3v) is 3.66. The molecule has 0 aliphatic carbocycles. The second kappa shape index (κ2) is 15.5. The van der Waals surface area contributed by atoms with Crippen molar-refractivity contribution >= 4 is 10.4 Å². The van der Waals surface area contributed by atoms with Crippen molar-refractivity contribution in [3.8, 4) is 0 Å². The maximum absolute atomic E-state index is 10.5. The molecule has 1 unspecified atom stereocenters. The quantitative estimate of drug-likeness (QED) is 0.167. The van der Waals surface area contributed by atoms with Gasteiger partial charge < -0.3 is 4.55 Å². The first-order valence-electron chi connectivity index (χ1n) is 7.76. The van der Waals surface area contributed by atoms with Crippen molar-refractivity contribution in [3.63, 3.8) is 0 Å². The van der Waals surface area contributed by atoms with E-state index in [1.165, 1.54) is 25.7 Å². The second-order valence-corrected chi connectivity index (χ2v) is 6.28. The summed E-state index contributed by atoms with van der Waals surface area (Å²) in [6, 6.07) is 0. The summed E-state index contributed by atoms with van der Waals surface area (Å²) in [5.41, 5.74) is 0. The van der Waals surface area contributed by atoms with Crippen LogP contribution in [0.15, 0.2) is 12.2 Å². The molecule has 1 atom stereocenters. The second-order valence-electron chi connectivity index (χ2n) is 5.23. The molecular weight excluding hydrogens is 299 g/mol. The number of allylic oxidation sites excluding steroid dienone is 1. The van der Waals surface area contributed by atoms with Crippen molar-refractivity contribution in [2.24, 2.45) is 5.92 Å². The molecule has 6 heteroatoms. The van der Waals surface area contributed by atoms with Gasteiger partial charge >= 0.3 is 29.6 Å². The van der Waals surface area contributed by atoms with E-state index in [9.17, 15) is 13.0 Å². The van der Waals surface area contributed by atoms with Gasteiger partial charge in [-0.15, -0.1) is 0 Å². The zero-order valence-corrected chi connectivity index (χ0v) is 16.7. The third kappa shape index (κ3) is 18.6. The van der Waals surface area contributed by atoms with E-state index in [0.717, 1.165) is 32.1 Å². The summed E-state index contributed by atoms with van der Waals surface area (Å²) in [7, 11) is -4.58. The van der Waals surface area contributed by atoms with E-state index in [1.807, 2.05) is 6.08 Å². The molecule has 0 heterocycles. The fourth-order valence-electron chi connectivity index (χ4n) is 2.04. The van der Waals surface area contributed by atoms with E-state index in [0.29, 0.717) is 0 Å². The molecule has 21 heavy (non-hydrogen) atoms. The van der Waals surface area contributed by atoms with Gasteiger partial charge in [0.05, 0.1) is 6.61 Å². The van der Waals surface area contributed by atoms with E-state index in [1.54, 1.807) is 0 Å². The number of unbranched alkanes of at least 4 members (excludes halogenated alkanes) is 6. The van der Waals surface area contributed by atoms with Gasteiger partial charge in [-0.25, -0.2) is 8.42 Å². The van der Waals surface area contributed by atoms with E-state index in [2.05, 4.69) is 24.1 Å². The zero-order chi connectivity index (χ0) is 15.3. The average Bonchev–Trinajstić information content (AvgIpc) is 2.38. The Bertz CT molecular complexity index is 342. The Balaban J connectivity index is 0. The molecule has 4 nitrogen and oxygen atoms in total. The van der Waals surface area contributed by atoms with Crippen LogP contribution in [0.2, 0.25) is 0 Å². The zero-order valence-electron chi connectivity index (χ0n) is 13.8. The van der Waals surface area contributed by atoms with Crippen LogP contribution in [0, 0.1) is 5.92 Å². The molecule has 0 spiro atoms. The molecule has 120 valence electrons. The first-order chi connectivity index (χ1) is 9.49. The molecule has 0 fully saturated rings. The monoisotopic (exact) mass is 328 g/mol. The summed E-state index contributed by atoms with van der Waals surface area (Å²) in [6.07, 6.45) is 14.0. The van der Waals surface area contributed by atoms with Crippen LogP contribution in [-0.4, -0.2) is 19.6 Å². The smallest absolute Gasteiger partial charge is 0.726 e. The number of hydrogen-bond donors (Lipinski definition) is 0. The Morgan fingerprint density at radius 2 is 1.67 bits per heavy atom. The van der Waals surface area contributed by atoms with Crippen molar-refractivity contribution in [2.45, 2.75) is 71.6 Å². The fourth-order valence-corrected chi connectivity index (χ4v) is 2.38. The molecule has 0 saturated heterocycles. The number of rotatable bonds is 13. The molecule has 0 aliphatic heterocycles. The summed E-state index contributed by atoms with van der Waals surface area (Å²) < 4.78 is 36.0. The van der Waals surface area contributed by atoms with E-state index in [-0.39, 0.29) is 42.1 Å². The van der Waals surface area contributed by atoms with Gasteiger partial charge in [-0.2, -0.15) is 0 Å². The largest absolute Gasteiger partial charge is 1.00 e. The van der Waals surface area contributed by atoms with Gasteiger partial charge in [0.25, 0.3) is 0 Å². The van der Waals surface area contributed by atoms with E-state index >= 15 is 0 Å². The first-order valence-corrected chi connectivity index (χ1v) is 9.09. The molecule has 0 aromatic rings. The van der Waals surface area contributed by atoms with Crippen LogP contribution >= 0.6 is 0 Å². The Kier molecular flexibility index (Phi) is 17.6. The van der Waals surface area contributed by atoms with Crippen LogP contribution in [0.5, 0.6) is 0 Å². The van der Waals surface area contributed by atoms with E-state index < -0.39 is 10.4 Å². The molecule has 0 bridgehead atoms. The predicted molar refractivity (Wildman–Crippen MR) is 81.2 cm³/mol. The third-order valence-electron chi connectivity index (χ3n) is 3.24. The molecule has 0 rings (SSSR count). The molecular formula is C15H29NaO4S. The number of hydrogen-bond acceptors (Lipinski definition) is 4. The molecule has 0 amide bonds. The molecule has 0 aliphatic rings. The van der Waals surface area contributed by atoms with Crippen LogP contribution in [0.25, 0.3) is 0 Å². The summed E-state index contributed by atoms with van der Waals surface area (Å²) in [6.45, 7) is 4.29. The Labute approximate surface area is 153 Å².